The van der Waals surface area contributed by atoms with E-state index in [2.05, 4.69) is 46.9 Å². The maximum absolute atomic E-state index is 12.6. The lowest BCUT2D eigenvalue weighted by atomic mass is 9.95. The van der Waals surface area contributed by atoms with Gasteiger partial charge in [0.2, 0.25) is 5.91 Å². The molecule has 1 aromatic carbocycles. The predicted octanol–water partition coefficient (Wildman–Crippen LogP) is 2.48. The highest BCUT2D eigenvalue weighted by molar-refractivity contribution is 5.76. The van der Waals surface area contributed by atoms with Crippen LogP contribution in [0.5, 0.6) is 5.75 Å². The summed E-state index contributed by atoms with van der Waals surface area (Å²) in [6, 6.07) is 4.20. The minimum Gasteiger partial charge on any atom is -0.493 e. The van der Waals surface area contributed by atoms with Gasteiger partial charge >= 0.3 is 0 Å². The molecule has 0 radical (unpaired) electrons. The van der Waals surface area contributed by atoms with Gasteiger partial charge in [-0.2, -0.15) is 0 Å². The average Bonchev–Trinajstić information content (AvgIpc) is 3.15. The Hall–Kier alpha value is -2.41. The molecule has 1 aromatic heterocycles. The second-order valence-electron chi connectivity index (χ2n) is 8.26. The zero-order valence-corrected chi connectivity index (χ0v) is 17.7. The van der Waals surface area contributed by atoms with Crippen molar-refractivity contribution in [3.63, 3.8) is 0 Å². The first kappa shape index (κ1) is 19.9. The summed E-state index contributed by atoms with van der Waals surface area (Å²) in [6.07, 6.45) is 2.33. The number of fused-ring (bicyclic) bond motifs is 1. The smallest absolute Gasteiger partial charge is 0.225 e. The van der Waals surface area contributed by atoms with E-state index >= 15 is 0 Å². The van der Waals surface area contributed by atoms with Crippen LogP contribution in [0.2, 0.25) is 0 Å². The summed E-state index contributed by atoms with van der Waals surface area (Å²) < 4.78 is 8.19. The highest BCUT2D eigenvalue weighted by atomic mass is 16.5. The Labute approximate surface area is 172 Å². The molecular weight excluding hydrogens is 366 g/mol. The van der Waals surface area contributed by atoms with E-state index in [0.29, 0.717) is 18.9 Å². The second kappa shape index (κ2) is 8.53. The van der Waals surface area contributed by atoms with Crippen molar-refractivity contribution in [2.45, 2.75) is 59.0 Å². The molecule has 0 spiro atoms. The van der Waals surface area contributed by atoms with Crippen molar-refractivity contribution in [1.82, 2.24) is 25.0 Å². The van der Waals surface area contributed by atoms with Crippen LogP contribution in [0.25, 0.3) is 0 Å². The van der Waals surface area contributed by atoms with Crippen molar-refractivity contribution in [3.05, 3.63) is 40.5 Å². The van der Waals surface area contributed by atoms with Crippen LogP contribution in [0.3, 0.4) is 0 Å². The molecule has 3 heterocycles. The molecule has 0 atom stereocenters. The molecule has 4 rings (SSSR count). The van der Waals surface area contributed by atoms with Gasteiger partial charge in [0.1, 0.15) is 17.4 Å². The summed E-state index contributed by atoms with van der Waals surface area (Å²) in [6.45, 7) is 10.9. The Kier molecular flexibility index (Phi) is 5.85. The molecule has 2 aliphatic rings. The molecule has 2 aliphatic heterocycles. The number of nitrogens with one attached hydrogen (secondary N) is 1. The molecule has 0 unspecified atom stereocenters. The van der Waals surface area contributed by atoms with Gasteiger partial charge < -0.3 is 19.5 Å². The van der Waals surface area contributed by atoms with Crippen molar-refractivity contribution in [3.8, 4) is 5.75 Å². The highest BCUT2D eigenvalue weighted by Gasteiger charge is 2.28. The summed E-state index contributed by atoms with van der Waals surface area (Å²) in [4.78, 5) is 14.6. The number of aromatic nitrogens is 3. The van der Waals surface area contributed by atoms with Gasteiger partial charge in [0.15, 0.2) is 0 Å². The zero-order chi connectivity index (χ0) is 20.4. The molecule has 2 aromatic rings. The standard InChI is InChI=1S/C22H31N5O2/c1-15-12-16(2)17(3)19(13-15)29-11-6-21(28)26-8-4-18(5-9-26)22-25-24-20-14-23-7-10-27(20)22/h12-13,18,23H,4-11,14H2,1-3H3. The Balaban J connectivity index is 1.27. The fourth-order valence-corrected chi connectivity index (χ4v) is 4.36. The monoisotopic (exact) mass is 397 g/mol. The lowest BCUT2D eigenvalue weighted by molar-refractivity contribution is -0.132. The Morgan fingerprint density at radius 1 is 1.17 bits per heavy atom. The molecule has 1 amide bonds. The van der Waals surface area contributed by atoms with Crippen molar-refractivity contribution in [1.29, 1.82) is 0 Å². The van der Waals surface area contributed by atoms with E-state index in [0.717, 1.165) is 68.5 Å². The molecule has 1 saturated heterocycles. The van der Waals surface area contributed by atoms with E-state index in [1.807, 2.05) is 11.0 Å². The maximum Gasteiger partial charge on any atom is 0.225 e. The third kappa shape index (κ3) is 4.29. The van der Waals surface area contributed by atoms with Gasteiger partial charge in [0.05, 0.1) is 19.6 Å². The first-order valence-corrected chi connectivity index (χ1v) is 10.6. The summed E-state index contributed by atoms with van der Waals surface area (Å²) in [5.41, 5.74) is 3.55. The first-order valence-electron chi connectivity index (χ1n) is 10.6. The Morgan fingerprint density at radius 3 is 2.76 bits per heavy atom. The zero-order valence-electron chi connectivity index (χ0n) is 17.7. The number of carbonyl (C=O) groups excluding carboxylic acids is 1. The van der Waals surface area contributed by atoms with Crippen LogP contribution in [0.1, 0.15) is 53.5 Å². The quantitative estimate of drug-likeness (QED) is 0.839. The molecule has 156 valence electrons. The van der Waals surface area contributed by atoms with E-state index in [-0.39, 0.29) is 5.91 Å². The SMILES string of the molecule is Cc1cc(C)c(C)c(OCCC(=O)N2CCC(c3nnc4n3CCNC4)CC2)c1. The van der Waals surface area contributed by atoms with Crippen LogP contribution in [0.4, 0.5) is 0 Å². The predicted molar refractivity (Wildman–Crippen MR) is 111 cm³/mol. The number of likely N-dealkylation sites (tertiary alicyclic amines) is 1. The van der Waals surface area contributed by atoms with Crippen molar-refractivity contribution in [2.24, 2.45) is 0 Å². The van der Waals surface area contributed by atoms with Gasteiger partial charge in [-0.3, -0.25) is 4.79 Å². The minimum absolute atomic E-state index is 0.179. The average molecular weight is 398 g/mol. The Bertz CT molecular complexity index is 884. The Morgan fingerprint density at radius 2 is 1.97 bits per heavy atom. The third-order valence-corrected chi connectivity index (χ3v) is 6.20. The molecular formula is C22H31N5O2. The number of benzene rings is 1. The molecule has 0 aliphatic carbocycles. The lowest BCUT2D eigenvalue weighted by Crippen LogP contribution is -2.39. The van der Waals surface area contributed by atoms with Crippen molar-refractivity contribution in [2.75, 3.05) is 26.2 Å². The molecule has 1 fully saturated rings. The molecule has 1 N–H and O–H groups in total. The number of ether oxygens (including phenoxy) is 1. The molecule has 7 nitrogen and oxygen atoms in total. The van der Waals surface area contributed by atoms with Gasteiger partial charge in [-0.05, 0) is 56.4 Å². The van der Waals surface area contributed by atoms with Gasteiger partial charge in [-0.15, -0.1) is 10.2 Å². The van der Waals surface area contributed by atoms with E-state index in [1.165, 1.54) is 11.1 Å². The van der Waals surface area contributed by atoms with Gasteiger partial charge in [-0.25, -0.2) is 0 Å². The fourth-order valence-electron chi connectivity index (χ4n) is 4.36. The van der Waals surface area contributed by atoms with Crippen LogP contribution in [0.15, 0.2) is 12.1 Å². The number of aryl methyl sites for hydroxylation is 2. The minimum atomic E-state index is 0.179. The maximum atomic E-state index is 12.6. The largest absolute Gasteiger partial charge is 0.493 e. The topological polar surface area (TPSA) is 72.3 Å². The molecule has 7 heteroatoms. The van der Waals surface area contributed by atoms with Crippen molar-refractivity contribution >= 4 is 5.91 Å². The summed E-state index contributed by atoms with van der Waals surface area (Å²) in [5.74, 6) is 3.59. The van der Waals surface area contributed by atoms with Crippen LogP contribution >= 0.6 is 0 Å². The number of hydrogen-bond acceptors (Lipinski definition) is 5. The summed E-state index contributed by atoms with van der Waals surface area (Å²) >= 11 is 0. The summed E-state index contributed by atoms with van der Waals surface area (Å²) in [5, 5.41) is 12.1. The number of rotatable bonds is 5. The lowest BCUT2D eigenvalue weighted by Gasteiger charge is -2.32. The number of piperidine rings is 1. The number of carbonyl (C=O) groups is 1. The highest BCUT2D eigenvalue weighted by Crippen LogP contribution is 2.28. The first-order chi connectivity index (χ1) is 14.0. The van der Waals surface area contributed by atoms with Gasteiger partial charge in [-0.1, -0.05) is 6.07 Å². The van der Waals surface area contributed by atoms with Crippen LogP contribution in [-0.4, -0.2) is 51.8 Å². The van der Waals surface area contributed by atoms with Crippen LogP contribution in [0, 0.1) is 20.8 Å². The van der Waals surface area contributed by atoms with Crippen LogP contribution in [-0.2, 0) is 17.9 Å². The van der Waals surface area contributed by atoms with E-state index < -0.39 is 0 Å². The molecule has 0 saturated carbocycles. The van der Waals surface area contributed by atoms with Gasteiger partial charge in [0, 0.05) is 32.1 Å². The van der Waals surface area contributed by atoms with Crippen molar-refractivity contribution < 1.29 is 9.53 Å². The fraction of sp³-hybridized carbons (Fsp3) is 0.591. The van der Waals surface area contributed by atoms with E-state index in [1.54, 1.807) is 0 Å². The molecule has 0 bridgehead atoms. The normalized spacial score (nSPS) is 17.3. The van der Waals surface area contributed by atoms with Gasteiger partial charge in [0.25, 0.3) is 0 Å². The van der Waals surface area contributed by atoms with E-state index in [9.17, 15) is 4.79 Å². The number of nitrogens with zero attached hydrogens (tertiary/aromatic N) is 4. The second-order valence-corrected chi connectivity index (χ2v) is 8.26. The number of hydrogen-bond donors (Lipinski definition) is 1. The molecule has 29 heavy (non-hydrogen) atoms. The van der Waals surface area contributed by atoms with Crippen LogP contribution < -0.4 is 10.1 Å². The summed E-state index contributed by atoms with van der Waals surface area (Å²) in [7, 11) is 0. The van der Waals surface area contributed by atoms with E-state index in [4.69, 9.17) is 4.74 Å². The third-order valence-electron chi connectivity index (χ3n) is 6.20. The number of amides is 1.